The monoisotopic (exact) mass is 209 g/mol. The summed E-state index contributed by atoms with van der Waals surface area (Å²) in [6.07, 6.45) is 5.31. The van der Waals surface area contributed by atoms with E-state index in [0.717, 1.165) is 32.1 Å². The van der Waals surface area contributed by atoms with Gasteiger partial charge in [-0.15, -0.1) is 0 Å². The predicted molar refractivity (Wildman–Crippen MR) is 55.1 cm³/mol. The van der Waals surface area contributed by atoms with Crippen LogP contribution in [0, 0.1) is 0 Å². The SMILES string of the molecule is Cn1c(=O)n2n(c1=O)C1CCCC2CC1. The lowest BCUT2D eigenvalue weighted by Crippen LogP contribution is -2.35. The number of hydrogen-bond donors (Lipinski definition) is 0. The van der Waals surface area contributed by atoms with Gasteiger partial charge in [-0.1, -0.05) is 0 Å². The van der Waals surface area contributed by atoms with E-state index in [-0.39, 0.29) is 23.5 Å². The van der Waals surface area contributed by atoms with Crippen molar-refractivity contribution < 1.29 is 0 Å². The summed E-state index contributed by atoms with van der Waals surface area (Å²) in [4.78, 5) is 23.8. The Bertz CT molecular complexity index is 460. The van der Waals surface area contributed by atoms with E-state index in [9.17, 15) is 9.59 Å². The van der Waals surface area contributed by atoms with Crippen molar-refractivity contribution in [3.05, 3.63) is 21.0 Å². The molecule has 1 aromatic heterocycles. The van der Waals surface area contributed by atoms with Gasteiger partial charge in [0.1, 0.15) is 0 Å². The molecule has 0 aromatic carbocycles. The summed E-state index contributed by atoms with van der Waals surface area (Å²) >= 11 is 0. The minimum absolute atomic E-state index is 0.142. The highest BCUT2D eigenvalue weighted by molar-refractivity contribution is 4.89. The molecule has 1 fully saturated rings. The Morgan fingerprint density at radius 3 is 1.87 bits per heavy atom. The van der Waals surface area contributed by atoms with Gasteiger partial charge in [-0.3, -0.25) is 0 Å². The summed E-state index contributed by atoms with van der Waals surface area (Å²) in [6.45, 7) is 0. The van der Waals surface area contributed by atoms with Crippen LogP contribution < -0.4 is 11.4 Å². The molecule has 0 radical (unpaired) electrons. The van der Waals surface area contributed by atoms with E-state index >= 15 is 0 Å². The van der Waals surface area contributed by atoms with Gasteiger partial charge in [0.2, 0.25) is 0 Å². The molecule has 3 aliphatic rings. The lowest BCUT2D eigenvalue weighted by Gasteiger charge is -2.26. The Morgan fingerprint density at radius 2 is 1.40 bits per heavy atom. The van der Waals surface area contributed by atoms with Gasteiger partial charge < -0.3 is 0 Å². The average molecular weight is 209 g/mol. The summed E-state index contributed by atoms with van der Waals surface area (Å²) in [7, 11) is 1.57. The van der Waals surface area contributed by atoms with E-state index in [0.29, 0.717) is 0 Å². The van der Waals surface area contributed by atoms with Crippen molar-refractivity contribution in [3.63, 3.8) is 0 Å². The highest BCUT2D eigenvalue weighted by atomic mass is 16.2. The Balaban J connectivity index is 2.36. The quantitative estimate of drug-likeness (QED) is 0.621. The summed E-state index contributed by atoms with van der Waals surface area (Å²) < 4.78 is 4.63. The number of rotatable bonds is 0. The second-order valence-electron chi connectivity index (χ2n) is 4.63. The fourth-order valence-corrected chi connectivity index (χ4v) is 2.99. The van der Waals surface area contributed by atoms with E-state index in [1.165, 1.54) is 4.57 Å². The maximum absolute atomic E-state index is 11.9. The van der Waals surface area contributed by atoms with E-state index in [4.69, 9.17) is 0 Å². The lowest BCUT2D eigenvalue weighted by molar-refractivity contribution is 0.241. The smallest absolute Gasteiger partial charge is 0.246 e. The number of nitrogens with zero attached hydrogens (tertiary/aromatic N) is 3. The Labute approximate surface area is 86.9 Å². The number of fused-ring (bicyclic) bond motifs is 3. The first kappa shape index (κ1) is 9.00. The van der Waals surface area contributed by atoms with Gasteiger partial charge in [0.25, 0.3) is 0 Å². The molecule has 2 atom stereocenters. The summed E-state index contributed by atoms with van der Waals surface area (Å²) in [5.74, 6) is 0. The van der Waals surface area contributed by atoms with Crippen molar-refractivity contribution >= 4 is 0 Å². The van der Waals surface area contributed by atoms with Crippen LogP contribution in [0.2, 0.25) is 0 Å². The third-order valence-electron chi connectivity index (χ3n) is 3.80. The third kappa shape index (κ3) is 1.03. The normalized spacial score (nSPS) is 28.9. The van der Waals surface area contributed by atoms with Gasteiger partial charge in [0.15, 0.2) is 0 Å². The van der Waals surface area contributed by atoms with Crippen molar-refractivity contribution in [3.8, 4) is 0 Å². The number of aromatic nitrogens is 3. The molecule has 4 rings (SSSR count). The Hall–Kier alpha value is -1.26. The zero-order valence-corrected chi connectivity index (χ0v) is 8.85. The van der Waals surface area contributed by atoms with Crippen molar-refractivity contribution in [2.75, 3.05) is 0 Å². The molecule has 1 aliphatic carbocycles. The zero-order valence-electron chi connectivity index (χ0n) is 8.85. The standard InChI is InChI=1S/C10H15N3O2/c1-11-9(14)12-7-3-2-4-8(6-5-7)13(12)10(11)15/h7-8H,2-6H2,1H3. The zero-order chi connectivity index (χ0) is 10.6. The summed E-state index contributed by atoms with van der Waals surface area (Å²) in [5.41, 5.74) is -0.284. The molecule has 5 heteroatoms. The molecule has 2 unspecified atom stereocenters. The van der Waals surface area contributed by atoms with Gasteiger partial charge in [-0.25, -0.2) is 23.5 Å². The van der Waals surface area contributed by atoms with E-state index in [2.05, 4.69) is 0 Å². The molecule has 82 valence electrons. The van der Waals surface area contributed by atoms with Crippen molar-refractivity contribution in [1.82, 2.24) is 13.9 Å². The summed E-state index contributed by atoms with van der Waals surface area (Å²) in [6, 6.07) is 0.510. The maximum atomic E-state index is 11.9. The topological polar surface area (TPSA) is 48.9 Å². The highest BCUT2D eigenvalue weighted by Crippen LogP contribution is 2.36. The second kappa shape index (κ2) is 2.87. The minimum Gasteiger partial charge on any atom is -0.246 e. The molecular weight excluding hydrogens is 194 g/mol. The molecule has 0 N–H and O–H groups in total. The van der Waals surface area contributed by atoms with Crippen molar-refractivity contribution in [2.45, 2.75) is 44.2 Å². The molecule has 1 saturated carbocycles. The maximum Gasteiger partial charge on any atom is 0.347 e. The molecule has 2 bridgehead atoms. The van der Waals surface area contributed by atoms with Gasteiger partial charge in [-0.2, -0.15) is 0 Å². The lowest BCUT2D eigenvalue weighted by atomic mass is 10.1. The van der Waals surface area contributed by atoms with Crippen LogP contribution in [0.3, 0.4) is 0 Å². The van der Waals surface area contributed by atoms with Gasteiger partial charge in [-0.05, 0) is 32.1 Å². The third-order valence-corrected chi connectivity index (χ3v) is 3.80. The highest BCUT2D eigenvalue weighted by Gasteiger charge is 2.33. The van der Waals surface area contributed by atoms with Crippen LogP contribution in [0.5, 0.6) is 0 Å². The fraction of sp³-hybridized carbons (Fsp3) is 0.800. The Kier molecular flexibility index (Phi) is 1.72. The van der Waals surface area contributed by atoms with Crippen molar-refractivity contribution in [2.24, 2.45) is 7.05 Å². The van der Waals surface area contributed by atoms with Gasteiger partial charge in [0, 0.05) is 7.05 Å². The summed E-state index contributed by atoms with van der Waals surface area (Å²) in [5, 5.41) is 0. The average Bonchev–Trinajstić information content (AvgIpc) is 2.51. The molecule has 0 amide bonds. The van der Waals surface area contributed by atoms with Crippen LogP contribution in [0.15, 0.2) is 9.59 Å². The first-order valence-corrected chi connectivity index (χ1v) is 5.60. The molecule has 0 spiro atoms. The first-order valence-electron chi connectivity index (χ1n) is 5.60. The number of hydrogen-bond acceptors (Lipinski definition) is 2. The molecule has 15 heavy (non-hydrogen) atoms. The van der Waals surface area contributed by atoms with Crippen LogP contribution in [-0.2, 0) is 7.05 Å². The second-order valence-corrected chi connectivity index (χ2v) is 4.63. The van der Waals surface area contributed by atoms with Crippen LogP contribution in [0.25, 0.3) is 0 Å². The van der Waals surface area contributed by atoms with Crippen LogP contribution in [0.1, 0.15) is 44.2 Å². The Morgan fingerprint density at radius 1 is 0.933 bits per heavy atom. The fourth-order valence-electron chi connectivity index (χ4n) is 2.99. The van der Waals surface area contributed by atoms with Crippen LogP contribution >= 0.6 is 0 Å². The van der Waals surface area contributed by atoms with Crippen LogP contribution in [-0.4, -0.2) is 13.9 Å². The molecule has 0 saturated heterocycles. The van der Waals surface area contributed by atoms with E-state index in [1.54, 1.807) is 16.4 Å². The van der Waals surface area contributed by atoms with E-state index < -0.39 is 0 Å². The van der Waals surface area contributed by atoms with Gasteiger partial charge >= 0.3 is 11.4 Å². The predicted octanol–water partition coefficient (Wildman–Crippen LogP) is 0.408. The molecule has 2 aliphatic heterocycles. The first-order chi connectivity index (χ1) is 7.20. The van der Waals surface area contributed by atoms with E-state index in [1.807, 2.05) is 0 Å². The van der Waals surface area contributed by atoms with Gasteiger partial charge in [0.05, 0.1) is 12.1 Å². The molecule has 1 aromatic rings. The molecular formula is C10H15N3O2. The van der Waals surface area contributed by atoms with Crippen LogP contribution in [0.4, 0.5) is 0 Å². The molecule has 5 nitrogen and oxygen atoms in total. The largest absolute Gasteiger partial charge is 0.347 e. The minimum atomic E-state index is -0.142. The van der Waals surface area contributed by atoms with Crippen molar-refractivity contribution in [1.29, 1.82) is 0 Å². The molecule has 3 heterocycles.